The van der Waals surface area contributed by atoms with E-state index >= 15 is 0 Å². The lowest BCUT2D eigenvalue weighted by molar-refractivity contribution is 0.191. The van der Waals surface area contributed by atoms with Crippen LogP contribution < -0.4 is 10.6 Å². The number of benzene rings is 1. The van der Waals surface area contributed by atoms with E-state index in [0.29, 0.717) is 12.1 Å². The predicted octanol–water partition coefficient (Wildman–Crippen LogP) is 1.23. The van der Waals surface area contributed by atoms with Gasteiger partial charge in [-0.2, -0.15) is 0 Å². The lowest BCUT2D eigenvalue weighted by Gasteiger charge is -2.30. The van der Waals surface area contributed by atoms with Gasteiger partial charge in [-0.25, -0.2) is 0 Å². The third-order valence-corrected chi connectivity index (χ3v) is 4.02. The summed E-state index contributed by atoms with van der Waals surface area (Å²) in [6, 6.07) is 5.93. The van der Waals surface area contributed by atoms with E-state index in [1.807, 2.05) is 32.3 Å². The Labute approximate surface area is 128 Å². The first-order valence-corrected chi connectivity index (χ1v) is 7.41. The molecule has 0 aliphatic carbocycles. The number of amidine groups is 1. The molecule has 0 spiro atoms. The number of halogens is 1. The zero-order valence-electron chi connectivity index (χ0n) is 11.8. The standard InChI is InChI=1S/C14H21BrN4O/c1-18(2)7-10-6-11(20)8-19(10)13-5-9(15)3-4-12(13)14(16)17/h3-5,10-11,20H,6-8H2,1-2H3,(H3,16,17). The summed E-state index contributed by atoms with van der Waals surface area (Å²) >= 11 is 3.47. The first-order valence-electron chi connectivity index (χ1n) is 6.62. The van der Waals surface area contributed by atoms with Crippen molar-refractivity contribution >= 4 is 27.5 Å². The van der Waals surface area contributed by atoms with Crippen molar-refractivity contribution in [1.29, 1.82) is 5.41 Å². The van der Waals surface area contributed by atoms with Crippen LogP contribution in [-0.4, -0.2) is 55.2 Å². The Balaban J connectivity index is 2.37. The Hall–Kier alpha value is -1.11. The molecule has 20 heavy (non-hydrogen) atoms. The Kier molecular flexibility index (Phi) is 4.67. The average molecular weight is 341 g/mol. The Morgan fingerprint density at radius 3 is 2.85 bits per heavy atom. The van der Waals surface area contributed by atoms with Gasteiger partial charge in [-0.3, -0.25) is 5.41 Å². The molecule has 4 N–H and O–H groups in total. The van der Waals surface area contributed by atoms with Crippen LogP contribution in [0, 0.1) is 5.41 Å². The number of rotatable bonds is 4. The van der Waals surface area contributed by atoms with Crippen molar-refractivity contribution in [2.24, 2.45) is 5.73 Å². The van der Waals surface area contributed by atoms with Gasteiger partial charge in [-0.05, 0) is 38.7 Å². The molecule has 1 fully saturated rings. The second kappa shape index (κ2) is 6.11. The largest absolute Gasteiger partial charge is 0.391 e. The molecule has 0 saturated carbocycles. The fourth-order valence-corrected chi connectivity index (χ4v) is 3.10. The number of nitrogens with zero attached hydrogens (tertiary/aromatic N) is 2. The molecule has 2 unspecified atom stereocenters. The first kappa shape index (κ1) is 15.3. The van der Waals surface area contributed by atoms with E-state index in [2.05, 4.69) is 25.7 Å². The van der Waals surface area contributed by atoms with Crippen LogP contribution in [0.4, 0.5) is 5.69 Å². The first-order chi connectivity index (χ1) is 9.38. The zero-order valence-corrected chi connectivity index (χ0v) is 13.4. The molecular weight excluding hydrogens is 320 g/mol. The molecule has 1 saturated heterocycles. The smallest absolute Gasteiger partial charge is 0.124 e. The van der Waals surface area contributed by atoms with Crippen LogP contribution in [-0.2, 0) is 0 Å². The molecule has 0 bridgehead atoms. The van der Waals surface area contributed by atoms with Gasteiger partial charge in [0.15, 0.2) is 0 Å². The minimum Gasteiger partial charge on any atom is -0.391 e. The number of aliphatic hydroxyl groups excluding tert-OH is 1. The van der Waals surface area contributed by atoms with Crippen LogP contribution in [0.2, 0.25) is 0 Å². The lowest BCUT2D eigenvalue weighted by Crippen LogP contribution is -2.38. The number of nitrogen functional groups attached to an aromatic ring is 1. The van der Waals surface area contributed by atoms with E-state index in [1.54, 1.807) is 0 Å². The van der Waals surface area contributed by atoms with Gasteiger partial charge in [0.25, 0.3) is 0 Å². The second-order valence-corrected chi connectivity index (χ2v) is 6.45. The molecule has 0 radical (unpaired) electrons. The summed E-state index contributed by atoms with van der Waals surface area (Å²) in [5.74, 6) is 0.0532. The Morgan fingerprint density at radius 1 is 1.55 bits per heavy atom. The van der Waals surface area contributed by atoms with Crippen molar-refractivity contribution in [3.05, 3.63) is 28.2 Å². The molecule has 6 heteroatoms. The maximum atomic E-state index is 9.99. The molecule has 1 aromatic rings. The molecule has 5 nitrogen and oxygen atoms in total. The number of hydrogen-bond acceptors (Lipinski definition) is 4. The molecule has 2 atom stereocenters. The minimum atomic E-state index is -0.335. The maximum Gasteiger partial charge on any atom is 0.124 e. The Bertz CT molecular complexity index is 506. The van der Waals surface area contributed by atoms with E-state index in [9.17, 15) is 5.11 Å². The van der Waals surface area contributed by atoms with E-state index in [0.717, 1.165) is 23.1 Å². The summed E-state index contributed by atoms with van der Waals surface area (Å²) in [5, 5.41) is 17.7. The van der Waals surface area contributed by atoms with Gasteiger partial charge < -0.3 is 20.6 Å². The summed E-state index contributed by atoms with van der Waals surface area (Å²) in [4.78, 5) is 4.27. The van der Waals surface area contributed by atoms with Gasteiger partial charge in [0, 0.05) is 34.9 Å². The van der Waals surface area contributed by atoms with Crippen molar-refractivity contribution in [1.82, 2.24) is 4.90 Å². The monoisotopic (exact) mass is 340 g/mol. The number of aliphatic hydroxyl groups is 1. The van der Waals surface area contributed by atoms with Crippen molar-refractivity contribution in [2.45, 2.75) is 18.6 Å². The van der Waals surface area contributed by atoms with Crippen molar-refractivity contribution in [3.63, 3.8) is 0 Å². The lowest BCUT2D eigenvalue weighted by atomic mass is 10.1. The number of nitrogens with one attached hydrogen (secondary N) is 1. The molecule has 1 aliphatic heterocycles. The predicted molar refractivity (Wildman–Crippen MR) is 85.5 cm³/mol. The number of likely N-dealkylation sites (N-methyl/N-ethyl adjacent to an activating group) is 1. The van der Waals surface area contributed by atoms with Gasteiger partial charge in [-0.1, -0.05) is 15.9 Å². The van der Waals surface area contributed by atoms with Crippen LogP contribution >= 0.6 is 15.9 Å². The number of hydrogen-bond donors (Lipinski definition) is 3. The summed E-state index contributed by atoms with van der Waals surface area (Å²) in [6.45, 7) is 1.44. The number of anilines is 1. The normalized spacial score (nSPS) is 22.6. The summed E-state index contributed by atoms with van der Waals surface area (Å²) in [6.07, 6.45) is 0.404. The van der Waals surface area contributed by atoms with Crippen LogP contribution in [0.3, 0.4) is 0 Å². The van der Waals surface area contributed by atoms with Crippen LogP contribution in [0.25, 0.3) is 0 Å². The van der Waals surface area contributed by atoms with Gasteiger partial charge >= 0.3 is 0 Å². The van der Waals surface area contributed by atoms with E-state index in [4.69, 9.17) is 11.1 Å². The highest BCUT2D eigenvalue weighted by Gasteiger charge is 2.32. The van der Waals surface area contributed by atoms with Crippen LogP contribution in [0.15, 0.2) is 22.7 Å². The molecule has 0 amide bonds. The van der Waals surface area contributed by atoms with E-state index in [1.165, 1.54) is 0 Å². The van der Waals surface area contributed by atoms with Crippen LogP contribution in [0.1, 0.15) is 12.0 Å². The van der Waals surface area contributed by atoms with Gasteiger partial charge in [0.1, 0.15) is 5.84 Å². The molecular formula is C14H21BrN4O. The molecule has 1 heterocycles. The van der Waals surface area contributed by atoms with E-state index < -0.39 is 0 Å². The van der Waals surface area contributed by atoms with Gasteiger partial charge in [0.05, 0.1) is 6.10 Å². The highest BCUT2D eigenvalue weighted by atomic mass is 79.9. The fraction of sp³-hybridized carbons (Fsp3) is 0.500. The second-order valence-electron chi connectivity index (χ2n) is 5.53. The highest BCUT2D eigenvalue weighted by Crippen LogP contribution is 2.31. The Morgan fingerprint density at radius 2 is 2.25 bits per heavy atom. The quantitative estimate of drug-likeness (QED) is 0.569. The third-order valence-electron chi connectivity index (χ3n) is 3.53. The van der Waals surface area contributed by atoms with Crippen LogP contribution in [0.5, 0.6) is 0 Å². The van der Waals surface area contributed by atoms with E-state index in [-0.39, 0.29) is 18.0 Å². The minimum absolute atomic E-state index is 0.0532. The summed E-state index contributed by atoms with van der Waals surface area (Å²) in [5.41, 5.74) is 7.31. The molecule has 110 valence electrons. The maximum absolute atomic E-state index is 9.99. The van der Waals surface area contributed by atoms with Crippen molar-refractivity contribution in [2.75, 3.05) is 32.1 Å². The molecule has 1 aromatic carbocycles. The summed E-state index contributed by atoms with van der Waals surface area (Å²) < 4.78 is 0.947. The molecule has 1 aliphatic rings. The van der Waals surface area contributed by atoms with Gasteiger partial charge in [-0.15, -0.1) is 0 Å². The van der Waals surface area contributed by atoms with Gasteiger partial charge in [0.2, 0.25) is 0 Å². The topological polar surface area (TPSA) is 76.6 Å². The van der Waals surface area contributed by atoms with Crippen molar-refractivity contribution < 1.29 is 5.11 Å². The molecule has 0 aromatic heterocycles. The summed E-state index contributed by atoms with van der Waals surface area (Å²) in [7, 11) is 4.05. The average Bonchev–Trinajstić information content (AvgIpc) is 2.68. The third kappa shape index (κ3) is 3.31. The molecule has 2 rings (SSSR count). The number of β-amino-alcohol motifs (C(OH)–C–C–N with tert-alkyl or cyclic N) is 1. The fourth-order valence-electron chi connectivity index (χ4n) is 2.75. The zero-order chi connectivity index (χ0) is 14.9. The number of nitrogens with two attached hydrogens (primary N) is 1. The highest BCUT2D eigenvalue weighted by molar-refractivity contribution is 9.10. The SMILES string of the molecule is CN(C)CC1CC(O)CN1c1cc(Br)ccc1C(=N)N. The van der Waals surface area contributed by atoms with Crippen molar-refractivity contribution in [3.8, 4) is 0 Å².